The van der Waals surface area contributed by atoms with Crippen molar-refractivity contribution < 1.29 is 33.3 Å². The predicted molar refractivity (Wildman–Crippen MR) is 154 cm³/mol. The van der Waals surface area contributed by atoms with E-state index in [0.29, 0.717) is 62.2 Å². The molecule has 0 aliphatic carbocycles. The number of fused-ring (bicyclic) bond motifs is 2. The van der Waals surface area contributed by atoms with Crippen LogP contribution in [0.4, 0.5) is 0 Å². The van der Waals surface area contributed by atoms with Gasteiger partial charge in [-0.15, -0.1) is 0 Å². The van der Waals surface area contributed by atoms with Crippen LogP contribution >= 0.6 is 0 Å². The van der Waals surface area contributed by atoms with Crippen LogP contribution in [0.1, 0.15) is 36.8 Å². The molecule has 6 rings (SSSR count). The third-order valence-electron chi connectivity index (χ3n) is 8.19. The summed E-state index contributed by atoms with van der Waals surface area (Å²) in [6.45, 7) is 5.73. The predicted octanol–water partition coefficient (Wildman–Crippen LogP) is 3.62. The fourth-order valence-corrected chi connectivity index (χ4v) is 6.00. The number of rotatable bonds is 9. The molecule has 0 radical (unpaired) electrons. The summed E-state index contributed by atoms with van der Waals surface area (Å²) >= 11 is 0. The molecule has 0 spiro atoms. The molecule has 1 saturated heterocycles. The highest BCUT2D eigenvalue weighted by Gasteiger charge is 2.40. The molecular formula is C32H36N2O8. The smallest absolute Gasteiger partial charge is 0.288 e. The summed E-state index contributed by atoms with van der Waals surface area (Å²) in [5.41, 5.74) is 1.94. The van der Waals surface area contributed by atoms with Crippen LogP contribution < -0.4 is 14.9 Å². The monoisotopic (exact) mass is 576 g/mol. The van der Waals surface area contributed by atoms with Gasteiger partial charge in [-0.1, -0.05) is 18.2 Å². The number of carbonyl (C=O) groups is 1. The maximum atomic E-state index is 13.8. The van der Waals surface area contributed by atoms with Gasteiger partial charge in [0.15, 0.2) is 22.7 Å². The molecule has 3 aliphatic rings. The number of benzene rings is 2. The number of aliphatic hydroxyl groups is 1. The van der Waals surface area contributed by atoms with Crippen molar-refractivity contribution in [2.45, 2.75) is 38.5 Å². The van der Waals surface area contributed by atoms with Crippen LogP contribution in [0.5, 0.6) is 11.5 Å². The molecule has 1 fully saturated rings. The summed E-state index contributed by atoms with van der Waals surface area (Å²) in [7, 11) is 0. The molecule has 2 aromatic carbocycles. The van der Waals surface area contributed by atoms with Crippen molar-refractivity contribution in [3.05, 3.63) is 81.9 Å². The lowest BCUT2D eigenvalue weighted by Crippen LogP contribution is -2.50. The van der Waals surface area contributed by atoms with Gasteiger partial charge in [0, 0.05) is 63.3 Å². The summed E-state index contributed by atoms with van der Waals surface area (Å²) in [6.07, 6.45) is 3.56. The summed E-state index contributed by atoms with van der Waals surface area (Å²) in [6, 6.07) is 13.1. The van der Waals surface area contributed by atoms with E-state index < -0.39 is 12.2 Å². The molecule has 0 saturated carbocycles. The highest BCUT2D eigenvalue weighted by atomic mass is 16.7. The van der Waals surface area contributed by atoms with Gasteiger partial charge in [0.2, 0.25) is 13.1 Å². The maximum Gasteiger partial charge on any atom is 0.288 e. The van der Waals surface area contributed by atoms with Crippen molar-refractivity contribution in [1.29, 1.82) is 0 Å². The molecule has 0 unspecified atom stereocenters. The first-order chi connectivity index (χ1) is 20.6. The molecule has 222 valence electrons. The van der Waals surface area contributed by atoms with Gasteiger partial charge in [0.1, 0.15) is 5.58 Å². The Labute approximate surface area is 244 Å². The summed E-state index contributed by atoms with van der Waals surface area (Å²) < 4.78 is 28.9. The average molecular weight is 577 g/mol. The number of aliphatic hydroxyl groups excluding tert-OH is 1. The molecular weight excluding hydrogens is 540 g/mol. The number of allylic oxidation sites excluding steroid dienone is 1. The van der Waals surface area contributed by atoms with Gasteiger partial charge in [-0.25, -0.2) is 0 Å². The fraction of sp³-hybridized carbons (Fsp3) is 0.438. The SMILES string of the molecule is CCO[C@@H]1OC(C(=O)N2CCN(Cc3ccc4c(c3)OCO4)CC2)=C[C@H](c2coc3ccccc3c2=O)[C@H]1CCCO. The minimum absolute atomic E-state index is 0.000427. The van der Waals surface area contributed by atoms with E-state index in [-0.39, 0.29) is 36.4 Å². The van der Waals surface area contributed by atoms with E-state index >= 15 is 0 Å². The van der Waals surface area contributed by atoms with Crippen LogP contribution in [-0.4, -0.2) is 73.3 Å². The van der Waals surface area contributed by atoms with Gasteiger partial charge in [-0.3, -0.25) is 14.5 Å². The van der Waals surface area contributed by atoms with E-state index in [1.807, 2.05) is 31.2 Å². The number of hydrogen-bond donors (Lipinski definition) is 1. The zero-order valence-electron chi connectivity index (χ0n) is 23.7. The first kappa shape index (κ1) is 28.3. The Bertz CT molecular complexity index is 1510. The minimum atomic E-state index is -0.742. The maximum absolute atomic E-state index is 13.8. The number of hydrogen-bond acceptors (Lipinski definition) is 9. The number of para-hydroxylation sites is 1. The van der Waals surface area contributed by atoms with Crippen molar-refractivity contribution in [2.24, 2.45) is 5.92 Å². The van der Waals surface area contributed by atoms with E-state index in [9.17, 15) is 14.7 Å². The third-order valence-corrected chi connectivity index (χ3v) is 8.19. The molecule has 4 heterocycles. The largest absolute Gasteiger partial charge is 0.464 e. The third kappa shape index (κ3) is 5.74. The van der Waals surface area contributed by atoms with Crippen molar-refractivity contribution in [3.63, 3.8) is 0 Å². The second kappa shape index (κ2) is 12.6. The highest BCUT2D eigenvalue weighted by Crippen LogP contribution is 2.39. The number of nitrogens with zero attached hydrogens (tertiary/aromatic N) is 2. The molecule has 3 aliphatic heterocycles. The van der Waals surface area contributed by atoms with E-state index in [0.717, 1.165) is 23.6 Å². The van der Waals surface area contributed by atoms with Gasteiger partial charge >= 0.3 is 0 Å². The molecule has 42 heavy (non-hydrogen) atoms. The topological polar surface area (TPSA) is 111 Å². The van der Waals surface area contributed by atoms with E-state index in [4.69, 9.17) is 23.4 Å². The number of ether oxygens (including phenoxy) is 4. The highest BCUT2D eigenvalue weighted by molar-refractivity contribution is 5.92. The lowest BCUT2D eigenvalue weighted by atomic mass is 9.81. The van der Waals surface area contributed by atoms with Crippen LogP contribution in [0.3, 0.4) is 0 Å². The molecule has 3 aromatic rings. The minimum Gasteiger partial charge on any atom is -0.464 e. The molecule has 1 amide bonds. The second-order valence-electron chi connectivity index (χ2n) is 10.8. The molecule has 0 bridgehead atoms. The van der Waals surface area contributed by atoms with Crippen LogP contribution in [0, 0.1) is 5.92 Å². The average Bonchev–Trinajstić information content (AvgIpc) is 3.49. The fourth-order valence-electron chi connectivity index (χ4n) is 6.00. The molecule has 1 aromatic heterocycles. The van der Waals surface area contributed by atoms with E-state index in [1.54, 1.807) is 29.2 Å². The zero-order chi connectivity index (χ0) is 29.1. The zero-order valence-corrected chi connectivity index (χ0v) is 23.7. The first-order valence-corrected chi connectivity index (χ1v) is 14.6. The van der Waals surface area contributed by atoms with Crippen LogP contribution in [0.15, 0.2) is 69.8 Å². The van der Waals surface area contributed by atoms with Crippen molar-refractivity contribution in [3.8, 4) is 11.5 Å². The Morgan fingerprint density at radius 2 is 1.88 bits per heavy atom. The lowest BCUT2D eigenvalue weighted by Gasteiger charge is -2.39. The normalized spacial score (nSPS) is 22.2. The summed E-state index contributed by atoms with van der Waals surface area (Å²) in [5.74, 6) is 0.719. The number of piperazine rings is 1. The van der Waals surface area contributed by atoms with Gasteiger partial charge in [-0.2, -0.15) is 0 Å². The summed E-state index contributed by atoms with van der Waals surface area (Å²) in [4.78, 5) is 31.5. The Balaban J connectivity index is 1.22. The number of carbonyl (C=O) groups excluding carboxylic acids is 1. The number of amides is 1. The molecule has 3 atom stereocenters. The van der Waals surface area contributed by atoms with Crippen molar-refractivity contribution in [2.75, 3.05) is 46.2 Å². The standard InChI is InChI=1S/C32H36N2O8/c1-2-38-32-22(7-5-15-35)24(25-19-39-26-8-4-3-6-23(26)30(25)36)17-29(42-32)31(37)34-13-11-33(12-14-34)18-21-9-10-27-28(16-21)41-20-40-27/h3-4,6,8-10,16-17,19,22,24,32,35H,2,5,7,11-15,18,20H2,1H3/t22-,24+,32-/m1/s1. The lowest BCUT2D eigenvalue weighted by molar-refractivity contribution is -0.171. The Morgan fingerprint density at radius 1 is 1.07 bits per heavy atom. The Hall–Kier alpha value is -3.86. The second-order valence-corrected chi connectivity index (χ2v) is 10.8. The van der Waals surface area contributed by atoms with Crippen LogP contribution in [0.2, 0.25) is 0 Å². The van der Waals surface area contributed by atoms with Gasteiger partial charge < -0.3 is 33.4 Å². The van der Waals surface area contributed by atoms with E-state index in [2.05, 4.69) is 4.90 Å². The molecule has 10 heteroatoms. The van der Waals surface area contributed by atoms with Crippen molar-refractivity contribution in [1.82, 2.24) is 9.80 Å². The van der Waals surface area contributed by atoms with Crippen LogP contribution in [-0.2, 0) is 20.8 Å². The summed E-state index contributed by atoms with van der Waals surface area (Å²) in [5, 5.41) is 10.1. The van der Waals surface area contributed by atoms with E-state index in [1.165, 1.54) is 6.26 Å². The molecule has 1 N–H and O–H groups in total. The van der Waals surface area contributed by atoms with Gasteiger partial charge in [-0.05, 0) is 55.7 Å². The van der Waals surface area contributed by atoms with Gasteiger partial charge in [0.05, 0.1) is 11.6 Å². The van der Waals surface area contributed by atoms with Crippen molar-refractivity contribution >= 4 is 16.9 Å². The molecule has 10 nitrogen and oxygen atoms in total. The van der Waals surface area contributed by atoms with Gasteiger partial charge in [0.25, 0.3) is 5.91 Å². The Morgan fingerprint density at radius 3 is 2.69 bits per heavy atom. The van der Waals surface area contributed by atoms with Crippen LogP contribution in [0.25, 0.3) is 11.0 Å². The quantitative estimate of drug-likeness (QED) is 0.408. The first-order valence-electron chi connectivity index (χ1n) is 14.6. The Kier molecular flexibility index (Phi) is 8.46.